The third kappa shape index (κ3) is 6.06. The van der Waals surface area contributed by atoms with Crippen molar-refractivity contribution in [3.63, 3.8) is 0 Å². The summed E-state index contributed by atoms with van der Waals surface area (Å²) in [7, 11) is 3.89. The van der Waals surface area contributed by atoms with Crippen molar-refractivity contribution >= 4 is 56.5 Å². The zero-order chi connectivity index (χ0) is 29.3. The van der Waals surface area contributed by atoms with Crippen molar-refractivity contribution in [3.8, 4) is 5.75 Å². The molecule has 4 amide bonds. The SMILES string of the molecule is Cc1cc(OC(C)C)ccc1N1C(=O)Nc2c(C(=O)NC3CCCN(C(=O)C=CCN(C)C)C3)sc3nccc1c23. The van der Waals surface area contributed by atoms with Crippen LogP contribution in [0.1, 0.15) is 41.9 Å². The zero-order valence-electron chi connectivity index (χ0n) is 24.1. The van der Waals surface area contributed by atoms with Gasteiger partial charge in [0.1, 0.15) is 15.5 Å². The summed E-state index contributed by atoms with van der Waals surface area (Å²) < 4.78 is 5.82. The summed E-state index contributed by atoms with van der Waals surface area (Å²) in [6.07, 6.45) is 6.72. The standard InChI is InChI=1S/C30H36N6O4S/c1-18(2)40-21-10-11-22(19(3)16-21)36-23-12-13-31-29-25(23)26(33-30(36)39)27(41-29)28(38)32-20-8-6-15-35(17-20)24(37)9-7-14-34(4)5/h7,9-13,16,18,20H,6,8,14-15,17H2,1-5H3,(H,32,38)(H,33,39). The fourth-order valence-electron chi connectivity index (χ4n) is 5.22. The van der Waals surface area contributed by atoms with Gasteiger partial charge < -0.3 is 25.2 Å². The largest absolute Gasteiger partial charge is 0.491 e. The molecule has 1 saturated heterocycles. The average Bonchev–Trinajstić information content (AvgIpc) is 3.29. The van der Waals surface area contributed by atoms with Crippen LogP contribution in [-0.2, 0) is 4.79 Å². The van der Waals surface area contributed by atoms with Gasteiger partial charge in [-0.3, -0.25) is 14.5 Å². The summed E-state index contributed by atoms with van der Waals surface area (Å²) in [6, 6.07) is 6.90. The number of pyridine rings is 1. The molecule has 4 heterocycles. The molecule has 1 fully saturated rings. The second-order valence-electron chi connectivity index (χ2n) is 11.0. The number of likely N-dealkylation sites (N-methyl/N-ethyl adjacent to an activating group) is 1. The van der Waals surface area contributed by atoms with Gasteiger partial charge in [-0.15, -0.1) is 11.3 Å². The number of carbonyl (C=O) groups excluding carboxylic acids is 3. The first-order chi connectivity index (χ1) is 19.6. The van der Waals surface area contributed by atoms with E-state index in [1.807, 2.05) is 64.0 Å². The van der Waals surface area contributed by atoms with E-state index in [1.165, 1.54) is 11.3 Å². The molecular weight excluding hydrogens is 540 g/mol. The predicted octanol–water partition coefficient (Wildman–Crippen LogP) is 4.91. The number of likely N-dealkylation sites (tertiary alicyclic amines) is 1. The molecule has 5 rings (SSSR count). The van der Waals surface area contributed by atoms with E-state index in [4.69, 9.17) is 4.74 Å². The molecule has 0 saturated carbocycles. The lowest BCUT2D eigenvalue weighted by Gasteiger charge is -2.32. The number of aromatic nitrogens is 1. The summed E-state index contributed by atoms with van der Waals surface area (Å²) in [5.41, 5.74) is 2.75. The van der Waals surface area contributed by atoms with Gasteiger partial charge in [0.25, 0.3) is 5.91 Å². The number of urea groups is 1. The highest BCUT2D eigenvalue weighted by molar-refractivity contribution is 7.21. The van der Waals surface area contributed by atoms with Crippen LogP contribution in [0.25, 0.3) is 10.2 Å². The number of anilines is 3. The number of nitrogens with zero attached hydrogens (tertiary/aromatic N) is 4. The predicted molar refractivity (Wildman–Crippen MR) is 162 cm³/mol. The van der Waals surface area contributed by atoms with Crippen LogP contribution in [0, 0.1) is 6.92 Å². The third-order valence-corrected chi connectivity index (χ3v) is 8.13. The molecule has 0 bridgehead atoms. The van der Waals surface area contributed by atoms with E-state index in [1.54, 1.807) is 28.1 Å². The molecule has 0 radical (unpaired) electrons. The van der Waals surface area contributed by atoms with Gasteiger partial charge in [0.05, 0.1) is 28.6 Å². The van der Waals surface area contributed by atoms with Crippen LogP contribution in [-0.4, -0.2) is 78.5 Å². The van der Waals surface area contributed by atoms with E-state index in [0.717, 1.165) is 35.2 Å². The van der Waals surface area contributed by atoms with Crippen molar-refractivity contribution in [1.82, 2.24) is 20.1 Å². The number of amides is 4. The van der Waals surface area contributed by atoms with Crippen LogP contribution in [0.2, 0.25) is 0 Å². The number of hydrogen-bond acceptors (Lipinski definition) is 7. The first kappa shape index (κ1) is 28.6. The molecule has 2 aromatic heterocycles. The normalized spacial score (nSPS) is 17.0. The summed E-state index contributed by atoms with van der Waals surface area (Å²) in [5.74, 6) is 0.404. The van der Waals surface area contributed by atoms with Crippen LogP contribution in [0.4, 0.5) is 21.9 Å². The Kier molecular flexibility index (Phi) is 8.27. The number of hydrogen-bond donors (Lipinski definition) is 2. The third-order valence-electron chi connectivity index (χ3n) is 7.03. The minimum atomic E-state index is -0.350. The zero-order valence-corrected chi connectivity index (χ0v) is 24.9. The van der Waals surface area contributed by atoms with Crippen molar-refractivity contribution in [2.75, 3.05) is 43.9 Å². The topological polar surface area (TPSA) is 107 Å². The first-order valence-electron chi connectivity index (χ1n) is 13.8. The maximum atomic E-state index is 13.5. The van der Waals surface area contributed by atoms with E-state index in [-0.39, 0.29) is 30.0 Å². The maximum absolute atomic E-state index is 13.5. The highest BCUT2D eigenvalue weighted by atomic mass is 32.1. The Morgan fingerprint density at radius 3 is 2.80 bits per heavy atom. The fraction of sp³-hybridized carbons (Fsp3) is 0.400. The van der Waals surface area contributed by atoms with Crippen LogP contribution in [0.15, 0.2) is 42.6 Å². The lowest BCUT2D eigenvalue weighted by atomic mass is 10.0. The summed E-state index contributed by atoms with van der Waals surface area (Å²) in [6.45, 7) is 7.66. The maximum Gasteiger partial charge on any atom is 0.331 e. The number of piperidine rings is 1. The Morgan fingerprint density at radius 2 is 2.07 bits per heavy atom. The number of nitrogens with one attached hydrogen (secondary N) is 2. The van der Waals surface area contributed by atoms with E-state index >= 15 is 0 Å². The Morgan fingerprint density at radius 1 is 1.27 bits per heavy atom. The molecule has 0 spiro atoms. The summed E-state index contributed by atoms with van der Waals surface area (Å²) >= 11 is 1.25. The molecule has 2 aliphatic heterocycles. The molecule has 3 aromatic rings. The number of ether oxygens (including phenoxy) is 1. The van der Waals surface area contributed by atoms with E-state index in [0.29, 0.717) is 40.7 Å². The molecule has 2 aliphatic rings. The van der Waals surface area contributed by atoms with Gasteiger partial charge in [0, 0.05) is 37.9 Å². The summed E-state index contributed by atoms with van der Waals surface area (Å²) in [4.78, 5) is 50.6. The summed E-state index contributed by atoms with van der Waals surface area (Å²) in [5, 5.41) is 6.79. The molecule has 1 unspecified atom stereocenters. The van der Waals surface area contributed by atoms with E-state index in [2.05, 4.69) is 15.6 Å². The average molecular weight is 577 g/mol. The molecule has 2 N–H and O–H groups in total. The number of thiophene rings is 1. The monoisotopic (exact) mass is 576 g/mol. The van der Waals surface area contributed by atoms with E-state index < -0.39 is 0 Å². The minimum Gasteiger partial charge on any atom is -0.491 e. The second kappa shape index (κ2) is 11.9. The van der Waals surface area contributed by atoms with E-state index in [9.17, 15) is 14.4 Å². The quantitative estimate of drug-likeness (QED) is 0.369. The van der Waals surface area contributed by atoms with Crippen molar-refractivity contribution in [1.29, 1.82) is 0 Å². The molecular formula is C30H36N6O4S. The fourth-order valence-corrected chi connectivity index (χ4v) is 6.25. The molecule has 10 nitrogen and oxygen atoms in total. The number of rotatable bonds is 8. The first-order valence-corrected chi connectivity index (χ1v) is 14.6. The van der Waals surface area contributed by atoms with Gasteiger partial charge in [-0.2, -0.15) is 0 Å². The highest BCUT2D eigenvalue weighted by Crippen LogP contribution is 2.46. The lowest BCUT2D eigenvalue weighted by Crippen LogP contribution is -2.49. The van der Waals surface area contributed by atoms with Crippen LogP contribution < -0.4 is 20.3 Å². The molecule has 216 valence electrons. The van der Waals surface area contributed by atoms with Crippen molar-refractivity contribution in [2.24, 2.45) is 0 Å². The van der Waals surface area contributed by atoms with Crippen molar-refractivity contribution < 1.29 is 19.1 Å². The lowest BCUT2D eigenvalue weighted by molar-refractivity contribution is -0.127. The highest BCUT2D eigenvalue weighted by Gasteiger charge is 2.34. The van der Waals surface area contributed by atoms with Gasteiger partial charge in [-0.05, 0) is 77.5 Å². The van der Waals surface area contributed by atoms with Crippen LogP contribution in [0.5, 0.6) is 5.75 Å². The molecule has 1 atom stereocenters. The second-order valence-corrected chi connectivity index (χ2v) is 12.0. The van der Waals surface area contributed by atoms with Gasteiger partial charge in [-0.25, -0.2) is 9.78 Å². The Labute approximate surface area is 244 Å². The van der Waals surface area contributed by atoms with Gasteiger partial charge in [0.15, 0.2) is 0 Å². The van der Waals surface area contributed by atoms with Crippen LogP contribution in [0.3, 0.4) is 0 Å². The smallest absolute Gasteiger partial charge is 0.331 e. The molecule has 1 aromatic carbocycles. The van der Waals surface area contributed by atoms with Gasteiger partial charge >= 0.3 is 6.03 Å². The Hall–Kier alpha value is -3.96. The number of benzene rings is 1. The van der Waals surface area contributed by atoms with Crippen molar-refractivity contribution in [3.05, 3.63) is 53.1 Å². The van der Waals surface area contributed by atoms with Crippen LogP contribution >= 0.6 is 11.3 Å². The molecule has 41 heavy (non-hydrogen) atoms. The van der Waals surface area contributed by atoms with Gasteiger partial charge in [-0.1, -0.05) is 6.08 Å². The molecule has 11 heteroatoms. The molecule has 0 aliphatic carbocycles. The number of carbonyl (C=O) groups is 3. The van der Waals surface area contributed by atoms with Crippen molar-refractivity contribution in [2.45, 2.75) is 45.8 Å². The Balaban J connectivity index is 1.38. The minimum absolute atomic E-state index is 0.0402. The number of aryl methyl sites for hydroxylation is 1. The van der Waals surface area contributed by atoms with Gasteiger partial charge in [0.2, 0.25) is 5.91 Å². The Bertz CT molecular complexity index is 1510.